The highest BCUT2D eigenvalue weighted by atomic mass is 16.5. The second kappa shape index (κ2) is 6.42. The summed E-state index contributed by atoms with van der Waals surface area (Å²) in [6, 6.07) is 5.86. The number of rotatable bonds is 2. The zero-order valence-corrected chi connectivity index (χ0v) is 14.5. The Morgan fingerprint density at radius 3 is 2.96 bits per heavy atom. The minimum Gasteiger partial charge on any atom is -0.381 e. The number of carbonyl (C=O) groups excluding carboxylic acids is 2. The van der Waals surface area contributed by atoms with E-state index >= 15 is 0 Å². The fourth-order valence-electron chi connectivity index (χ4n) is 4.40. The summed E-state index contributed by atoms with van der Waals surface area (Å²) in [5.74, 6) is 0.0989. The van der Waals surface area contributed by atoms with E-state index in [2.05, 4.69) is 5.32 Å². The van der Waals surface area contributed by atoms with Crippen LogP contribution in [0.5, 0.6) is 0 Å². The molecule has 4 rings (SSSR count). The van der Waals surface area contributed by atoms with Gasteiger partial charge in [0.1, 0.15) is 0 Å². The number of hydrogen-bond acceptors (Lipinski definition) is 4. The lowest BCUT2D eigenvalue weighted by Crippen LogP contribution is -2.49. The second-order valence-electron chi connectivity index (χ2n) is 7.23. The van der Waals surface area contributed by atoms with E-state index in [9.17, 15) is 9.59 Å². The van der Waals surface area contributed by atoms with E-state index in [4.69, 9.17) is 9.47 Å². The Balaban J connectivity index is 1.58. The summed E-state index contributed by atoms with van der Waals surface area (Å²) < 4.78 is 11.0. The Hall–Kier alpha value is -1.92. The Kier molecular flexibility index (Phi) is 4.25. The van der Waals surface area contributed by atoms with Gasteiger partial charge in [0.2, 0.25) is 5.91 Å². The molecule has 0 saturated carbocycles. The molecule has 6 heteroatoms. The molecule has 0 spiro atoms. The van der Waals surface area contributed by atoms with Gasteiger partial charge in [0.05, 0.1) is 25.2 Å². The maximum Gasteiger partial charge on any atom is 0.253 e. The largest absolute Gasteiger partial charge is 0.381 e. The van der Waals surface area contributed by atoms with Crippen molar-refractivity contribution in [1.29, 1.82) is 0 Å². The van der Waals surface area contributed by atoms with E-state index in [-0.39, 0.29) is 17.7 Å². The lowest BCUT2D eigenvalue weighted by molar-refractivity contribution is -0.138. The summed E-state index contributed by atoms with van der Waals surface area (Å²) in [6.07, 6.45) is 1.51. The van der Waals surface area contributed by atoms with E-state index in [1.165, 1.54) is 5.56 Å². The first-order chi connectivity index (χ1) is 12.1. The standard InChI is InChI=1S/C19H24N2O4/c1-20-18(23)19-5-7-25-11-16(19)9-21(12-19)17(22)14-2-3-15-10-24-6-4-13(15)8-14/h2-3,8,16H,4-7,9-12H2,1H3,(H,20,23)/t16-,19+/m1/s1. The number of ether oxygens (including phenoxy) is 2. The summed E-state index contributed by atoms with van der Waals surface area (Å²) >= 11 is 0. The van der Waals surface area contributed by atoms with Crippen molar-refractivity contribution in [2.75, 3.05) is 40.0 Å². The molecule has 2 saturated heterocycles. The van der Waals surface area contributed by atoms with Gasteiger partial charge in [0.25, 0.3) is 5.91 Å². The van der Waals surface area contributed by atoms with Crippen LogP contribution in [0.2, 0.25) is 0 Å². The van der Waals surface area contributed by atoms with Crippen LogP contribution in [0.1, 0.15) is 27.9 Å². The molecule has 3 heterocycles. The van der Waals surface area contributed by atoms with Crippen molar-refractivity contribution in [1.82, 2.24) is 10.2 Å². The van der Waals surface area contributed by atoms with Gasteiger partial charge in [-0.1, -0.05) is 6.07 Å². The molecule has 1 aromatic carbocycles. The fourth-order valence-corrected chi connectivity index (χ4v) is 4.40. The van der Waals surface area contributed by atoms with Crippen LogP contribution in [0.4, 0.5) is 0 Å². The summed E-state index contributed by atoms with van der Waals surface area (Å²) in [5.41, 5.74) is 2.54. The van der Waals surface area contributed by atoms with Crippen LogP contribution in [0.25, 0.3) is 0 Å². The lowest BCUT2D eigenvalue weighted by atomic mass is 9.73. The van der Waals surface area contributed by atoms with Crippen LogP contribution in [-0.4, -0.2) is 56.7 Å². The second-order valence-corrected chi connectivity index (χ2v) is 7.23. The highest BCUT2D eigenvalue weighted by molar-refractivity contribution is 5.96. The third kappa shape index (κ3) is 2.73. The minimum atomic E-state index is -0.509. The minimum absolute atomic E-state index is 0.00645. The van der Waals surface area contributed by atoms with Crippen LogP contribution < -0.4 is 5.32 Å². The molecule has 3 aliphatic heterocycles. The van der Waals surface area contributed by atoms with E-state index in [0.29, 0.717) is 51.5 Å². The molecule has 0 aliphatic carbocycles. The number of nitrogens with one attached hydrogen (secondary N) is 1. The van der Waals surface area contributed by atoms with Gasteiger partial charge >= 0.3 is 0 Å². The lowest BCUT2D eigenvalue weighted by Gasteiger charge is -2.36. The Bertz CT molecular complexity index is 705. The van der Waals surface area contributed by atoms with Gasteiger partial charge in [-0.05, 0) is 36.1 Å². The maximum atomic E-state index is 13.1. The van der Waals surface area contributed by atoms with Crippen molar-refractivity contribution in [3.63, 3.8) is 0 Å². The smallest absolute Gasteiger partial charge is 0.253 e. The number of fused-ring (bicyclic) bond motifs is 2. The van der Waals surface area contributed by atoms with E-state index in [1.54, 1.807) is 7.05 Å². The first-order valence-electron chi connectivity index (χ1n) is 8.93. The Morgan fingerprint density at radius 1 is 1.24 bits per heavy atom. The molecule has 134 valence electrons. The molecule has 2 atom stereocenters. The zero-order valence-electron chi connectivity index (χ0n) is 14.5. The summed E-state index contributed by atoms with van der Waals surface area (Å²) in [6.45, 7) is 3.48. The van der Waals surface area contributed by atoms with Crippen molar-refractivity contribution < 1.29 is 19.1 Å². The number of benzene rings is 1. The summed E-state index contributed by atoms with van der Waals surface area (Å²) in [7, 11) is 1.67. The predicted molar refractivity (Wildman–Crippen MR) is 91.1 cm³/mol. The highest BCUT2D eigenvalue weighted by Crippen LogP contribution is 2.42. The predicted octanol–water partition coefficient (Wildman–Crippen LogP) is 0.984. The highest BCUT2D eigenvalue weighted by Gasteiger charge is 2.54. The number of hydrogen-bond donors (Lipinski definition) is 1. The first kappa shape index (κ1) is 16.5. The number of carbonyl (C=O) groups is 2. The average molecular weight is 344 g/mol. The van der Waals surface area contributed by atoms with Crippen molar-refractivity contribution >= 4 is 11.8 Å². The molecule has 6 nitrogen and oxygen atoms in total. The van der Waals surface area contributed by atoms with Gasteiger partial charge in [0, 0.05) is 38.2 Å². The monoisotopic (exact) mass is 344 g/mol. The van der Waals surface area contributed by atoms with E-state index in [0.717, 1.165) is 12.0 Å². The first-order valence-corrected chi connectivity index (χ1v) is 8.93. The average Bonchev–Trinajstić information content (AvgIpc) is 3.07. The van der Waals surface area contributed by atoms with Gasteiger partial charge in [-0.2, -0.15) is 0 Å². The van der Waals surface area contributed by atoms with Crippen LogP contribution in [0.15, 0.2) is 18.2 Å². The van der Waals surface area contributed by atoms with Gasteiger partial charge in [-0.15, -0.1) is 0 Å². The van der Waals surface area contributed by atoms with Gasteiger partial charge < -0.3 is 19.7 Å². The molecular weight excluding hydrogens is 320 g/mol. The SMILES string of the molecule is CNC(=O)[C@]12CCOC[C@H]1CN(C(=O)c1ccc3c(c1)CCOC3)C2. The molecule has 0 bridgehead atoms. The number of amides is 2. The molecule has 2 amide bonds. The quantitative estimate of drug-likeness (QED) is 0.869. The molecule has 3 aliphatic rings. The van der Waals surface area contributed by atoms with E-state index < -0.39 is 5.41 Å². The van der Waals surface area contributed by atoms with Crippen LogP contribution >= 0.6 is 0 Å². The fraction of sp³-hybridized carbons (Fsp3) is 0.579. The Morgan fingerprint density at radius 2 is 2.12 bits per heavy atom. The summed E-state index contributed by atoms with van der Waals surface area (Å²) in [5, 5.41) is 2.79. The van der Waals surface area contributed by atoms with E-state index in [1.807, 2.05) is 23.1 Å². The number of likely N-dealkylation sites (tertiary alicyclic amines) is 1. The van der Waals surface area contributed by atoms with Gasteiger partial charge in [0.15, 0.2) is 0 Å². The Labute approximate surface area is 147 Å². The number of nitrogens with zero attached hydrogens (tertiary/aromatic N) is 1. The van der Waals surface area contributed by atoms with Crippen molar-refractivity contribution in [3.8, 4) is 0 Å². The van der Waals surface area contributed by atoms with Crippen molar-refractivity contribution in [2.24, 2.45) is 11.3 Å². The molecule has 0 radical (unpaired) electrons. The van der Waals surface area contributed by atoms with Crippen LogP contribution in [0.3, 0.4) is 0 Å². The third-order valence-corrected chi connectivity index (χ3v) is 5.90. The van der Waals surface area contributed by atoms with Gasteiger partial charge in [-0.25, -0.2) is 0 Å². The van der Waals surface area contributed by atoms with Crippen LogP contribution in [0, 0.1) is 11.3 Å². The van der Waals surface area contributed by atoms with Crippen molar-refractivity contribution in [2.45, 2.75) is 19.4 Å². The van der Waals surface area contributed by atoms with Crippen molar-refractivity contribution in [3.05, 3.63) is 34.9 Å². The topological polar surface area (TPSA) is 67.9 Å². The summed E-state index contributed by atoms with van der Waals surface area (Å²) in [4.78, 5) is 27.4. The van der Waals surface area contributed by atoms with Crippen LogP contribution in [-0.2, 0) is 27.3 Å². The zero-order chi connectivity index (χ0) is 17.4. The molecule has 1 N–H and O–H groups in total. The third-order valence-electron chi connectivity index (χ3n) is 5.90. The molecule has 2 fully saturated rings. The molecule has 0 unspecified atom stereocenters. The van der Waals surface area contributed by atoms with Gasteiger partial charge in [-0.3, -0.25) is 9.59 Å². The molecule has 1 aromatic rings. The molecule has 25 heavy (non-hydrogen) atoms. The maximum absolute atomic E-state index is 13.1. The normalized spacial score (nSPS) is 28.2. The molecular formula is C19H24N2O4. The molecule has 0 aromatic heterocycles.